The van der Waals surface area contributed by atoms with Crippen LogP contribution in [0.25, 0.3) is 50.4 Å². The third-order valence-corrected chi connectivity index (χ3v) is 7.93. The maximum absolute atomic E-state index is 14.6. The van der Waals surface area contributed by atoms with Crippen LogP contribution in [0.15, 0.2) is 54.0 Å². The maximum atomic E-state index is 14.6. The van der Waals surface area contributed by atoms with E-state index in [9.17, 15) is 26.7 Å². The number of hydrogen-bond donors (Lipinski definition) is 0. The van der Waals surface area contributed by atoms with Crippen molar-refractivity contribution in [3.05, 3.63) is 65.2 Å². The second-order valence-electron chi connectivity index (χ2n) is 10.9. The third-order valence-electron chi connectivity index (χ3n) is 7.93. The van der Waals surface area contributed by atoms with Gasteiger partial charge in [-0.2, -0.15) is 18.3 Å². The molecule has 43 heavy (non-hydrogen) atoms. The summed E-state index contributed by atoms with van der Waals surface area (Å²) in [5.74, 6) is -2.62. The van der Waals surface area contributed by atoms with Crippen LogP contribution in [0.3, 0.4) is 0 Å². The number of alkyl halides is 5. The van der Waals surface area contributed by atoms with Crippen LogP contribution in [0.1, 0.15) is 5.56 Å². The zero-order valence-electron chi connectivity index (χ0n) is 23.4. The largest absolute Gasteiger partial charge is 0.417 e. The van der Waals surface area contributed by atoms with Gasteiger partial charge in [-0.1, -0.05) is 0 Å². The molecule has 10 nitrogen and oxygen atoms in total. The van der Waals surface area contributed by atoms with Crippen molar-refractivity contribution in [2.24, 2.45) is 28.2 Å². The minimum atomic E-state index is -4.72. The van der Waals surface area contributed by atoms with Gasteiger partial charge in [-0.05, 0) is 29.8 Å². The molecule has 1 aliphatic rings. The first kappa shape index (κ1) is 26.9. The van der Waals surface area contributed by atoms with Gasteiger partial charge in [0.2, 0.25) is 0 Å². The lowest BCUT2D eigenvalue weighted by Crippen LogP contribution is -2.56. The Bertz CT molecular complexity index is 2140. The number of fused-ring (bicyclic) bond motifs is 2. The predicted molar refractivity (Wildman–Crippen MR) is 149 cm³/mol. The second kappa shape index (κ2) is 8.78. The van der Waals surface area contributed by atoms with Gasteiger partial charge in [-0.15, -0.1) is 0 Å². The minimum absolute atomic E-state index is 0.0845. The molecule has 6 aromatic rings. The smallest absolute Gasteiger partial charge is 0.357 e. The lowest BCUT2D eigenvalue weighted by molar-refractivity contribution is -0.137. The molecular weight excluding hydrogens is 573 g/mol. The molecule has 0 spiro atoms. The van der Waals surface area contributed by atoms with E-state index in [2.05, 4.69) is 10.1 Å². The lowest BCUT2D eigenvalue weighted by Gasteiger charge is -2.41. The molecule has 0 amide bonds. The number of aromatic nitrogens is 8. The van der Waals surface area contributed by atoms with Crippen molar-refractivity contribution < 1.29 is 22.0 Å². The fraction of sp³-hybridized carbons (Fsp3) is 0.286. The summed E-state index contributed by atoms with van der Waals surface area (Å²) in [5.41, 5.74) is 1.41. The van der Waals surface area contributed by atoms with E-state index >= 15 is 0 Å². The van der Waals surface area contributed by atoms with Crippen LogP contribution in [-0.4, -0.2) is 57.0 Å². The van der Waals surface area contributed by atoms with Crippen molar-refractivity contribution in [2.75, 3.05) is 18.0 Å². The summed E-state index contributed by atoms with van der Waals surface area (Å²) >= 11 is 0. The van der Waals surface area contributed by atoms with Crippen LogP contribution in [-0.2, 0) is 34.4 Å². The topological polar surface area (TPSA) is 83.6 Å². The van der Waals surface area contributed by atoms with Crippen molar-refractivity contribution in [1.29, 1.82) is 0 Å². The van der Waals surface area contributed by atoms with E-state index in [0.717, 1.165) is 6.07 Å². The summed E-state index contributed by atoms with van der Waals surface area (Å²) in [7, 11) is 6.45. The van der Waals surface area contributed by atoms with E-state index in [1.54, 1.807) is 55.8 Å². The normalized spacial score (nSPS) is 15.1. The fourth-order valence-corrected chi connectivity index (χ4v) is 5.83. The Morgan fingerprint density at radius 2 is 1.67 bits per heavy atom. The molecule has 1 aliphatic heterocycles. The summed E-state index contributed by atoms with van der Waals surface area (Å²) in [6, 6.07) is 5.68. The highest BCUT2D eigenvalue weighted by Crippen LogP contribution is 2.43. The van der Waals surface area contributed by atoms with Crippen LogP contribution in [0.5, 0.6) is 0 Å². The third kappa shape index (κ3) is 4.05. The number of anilines is 1. The zero-order chi connectivity index (χ0) is 30.6. The van der Waals surface area contributed by atoms with Crippen LogP contribution < -0.4 is 10.6 Å². The molecule has 222 valence electrons. The number of nitrogens with zero attached hydrogens (tertiary/aromatic N) is 9. The van der Waals surface area contributed by atoms with E-state index in [1.807, 2.05) is 0 Å². The summed E-state index contributed by atoms with van der Waals surface area (Å²) in [4.78, 5) is 23.3. The molecule has 7 rings (SSSR count). The van der Waals surface area contributed by atoms with E-state index in [-0.39, 0.29) is 33.7 Å². The molecule has 2 aromatic carbocycles. The van der Waals surface area contributed by atoms with Gasteiger partial charge in [0, 0.05) is 40.0 Å². The van der Waals surface area contributed by atoms with E-state index in [4.69, 9.17) is 4.98 Å². The van der Waals surface area contributed by atoms with Crippen molar-refractivity contribution >= 4 is 27.8 Å². The molecule has 0 N–H and O–H groups in total. The van der Waals surface area contributed by atoms with Gasteiger partial charge in [-0.3, -0.25) is 18.4 Å². The SMILES string of the molecule is Cn1cc(-c2cc3nc(-c4cncn4C)n(-c4cc(N5CC(F)(F)C5)c5c(c4)n(C)c(=O)n5C)c3cc2C(F)(F)F)cn1. The minimum Gasteiger partial charge on any atom is -0.357 e. The Morgan fingerprint density at radius 1 is 0.930 bits per heavy atom. The Morgan fingerprint density at radius 3 is 2.28 bits per heavy atom. The highest BCUT2D eigenvalue weighted by molar-refractivity contribution is 5.95. The molecule has 0 bridgehead atoms. The van der Waals surface area contributed by atoms with E-state index < -0.39 is 30.8 Å². The first-order chi connectivity index (χ1) is 20.2. The fourth-order valence-electron chi connectivity index (χ4n) is 5.83. The molecule has 0 radical (unpaired) electrons. The van der Waals surface area contributed by atoms with Crippen LogP contribution in [0, 0.1) is 0 Å². The molecule has 4 aromatic heterocycles. The molecule has 0 saturated carbocycles. The predicted octanol–water partition coefficient (Wildman–Crippen LogP) is 4.49. The van der Waals surface area contributed by atoms with Gasteiger partial charge < -0.3 is 9.47 Å². The van der Waals surface area contributed by atoms with Gasteiger partial charge >= 0.3 is 11.9 Å². The van der Waals surface area contributed by atoms with Gasteiger partial charge in [-0.25, -0.2) is 23.5 Å². The molecule has 5 heterocycles. The van der Waals surface area contributed by atoms with E-state index in [0.29, 0.717) is 28.1 Å². The summed E-state index contributed by atoms with van der Waals surface area (Å²) < 4.78 is 79.1. The van der Waals surface area contributed by atoms with Gasteiger partial charge in [0.1, 0.15) is 5.69 Å². The monoisotopic (exact) mass is 597 g/mol. The highest BCUT2D eigenvalue weighted by Gasteiger charge is 2.45. The summed E-state index contributed by atoms with van der Waals surface area (Å²) in [6.45, 7) is -1.11. The van der Waals surface area contributed by atoms with Crippen molar-refractivity contribution in [1.82, 2.24) is 38.0 Å². The number of imidazole rings is 3. The van der Waals surface area contributed by atoms with Crippen LogP contribution in [0.2, 0.25) is 0 Å². The number of benzene rings is 2. The van der Waals surface area contributed by atoms with Crippen molar-refractivity contribution in [2.45, 2.75) is 12.1 Å². The Hall–Kier alpha value is -4.95. The quantitative estimate of drug-likeness (QED) is 0.280. The average molecular weight is 598 g/mol. The number of aryl methyl sites for hydroxylation is 4. The second-order valence-corrected chi connectivity index (χ2v) is 10.9. The summed E-state index contributed by atoms with van der Waals surface area (Å²) in [6.07, 6.45) is 1.21. The molecular formula is C28H24F5N9O. The van der Waals surface area contributed by atoms with Crippen LogP contribution >= 0.6 is 0 Å². The Labute approximate surface area is 239 Å². The van der Waals surface area contributed by atoms with Gasteiger partial charge in [0.15, 0.2) is 5.82 Å². The lowest BCUT2D eigenvalue weighted by atomic mass is 10.0. The first-order valence-corrected chi connectivity index (χ1v) is 13.2. The number of halogens is 5. The van der Waals surface area contributed by atoms with Gasteiger partial charge in [0.05, 0.1) is 70.8 Å². The molecule has 15 heteroatoms. The van der Waals surface area contributed by atoms with Crippen molar-refractivity contribution in [3.8, 4) is 28.3 Å². The molecule has 0 atom stereocenters. The van der Waals surface area contributed by atoms with Crippen molar-refractivity contribution in [3.63, 3.8) is 0 Å². The standard InChI is InChI=1S/C28H24F5N9O/c1-37-14-34-10-23(37)25-36-19-7-17(15-9-35-38(2)11-15)18(28(31,32)33)8-20(19)42(25)16-5-21-24(40(4)26(43)39(21)3)22(6-16)41-12-27(29,30)13-41/h5-11,14H,12-13H2,1-4H3. The highest BCUT2D eigenvalue weighted by atomic mass is 19.4. The molecule has 0 unspecified atom stereocenters. The van der Waals surface area contributed by atoms with Gasteiger partial charge in [0.25, 0.3) is 5.92 Å². The summed E-state index contributed by atoms with van der Waals surface area (Å²) in [5, 5.41) is 4.04. The zero-order valence-corrected chi connectivity index (χ0v) is 23.4. The molecule has 1 fully saturated rings. The first-order valence-electron chi connectivity index (χ1n) is 13.2. The molecule has 1 saturated heterocycles. The Kier molecular flexibility index (Phi) is 5.50. The maximum Gasteiger partial charge on any atom is 0.417 e. The van der Waals surface area contributed by atoms with E-state index in [1.165, 1.54) is 43.4 Å². The number of hydrogen-bond acceptors (Lipinski definition) is 5. The Balaban J connectivity index is 1.58. The number of rotatable bonds is 4. The molecule has 0 aliphatic carbocycles. The van der Waals surface area contributed by atoms with Crippen LogP contribution in [0.4, 0.5) is 27.6 Å². The average Bonchev–Trinajstić information content (AvgIpc) is 3.69.